The molecule has 0 heterocycles. The van der Waals surface area contributed by atoms with Gasteiger partial charge in [-0.1, -0.05) is 11.6 Å². The molecule has 0 aliphatic carbocycles. The largest absolute Gasteiger partial charge is 0.276 e. The lowest BCUT2D eigenvalue weighted by Crippen LogP contribution is -2.08. The summed E-state index contributed by atoms with van der Waals surface area (Å²) in [5.74, 6) is 0. The third-order valence-electron chi connectivity index (χ3n) is 1.72. The van der Waals surface area contributed by atoms with E-state index in [2.05, 4.69) is 0 Å². The fourth-order valence-corrected chi connectivity index (χ4v) is 1.85. The second-order valence-electron chi connectivity index (χ2n) is 2.70. The van der Waals surface area contributed by atoms with Crippen molar-refractivity contribution in [2.75, 3.05) is 0 Å². The first kappa shape index (κ1) is 13.5. The Balaban J connectivity index is 3.67. The molecule has 0 N–H and O–H groups in total. The summed E-state index contributed by atoms with van der Waals surface area (Å²) in [6, 6.07) is 2.27. The lowest BCUT2D eigenvalue weighted by Gasteiger charge is -2.06. The van der Waals surface area contributed by atoms with Crippen LogP contribution < -0.4 is 0 Å². The van der Waals surface area contributed by atoms with Crippen molar-refractivity contribution in [3.05, 3.63) is 33.8 Å². The summed E-state index contributed by atoms with van der Waals surface area (Å²) >= 11 is 21.4. The van der Waals surface area contributed by atoms with Crippen LogP contribution >= 0.6 is 46.4 Å². The molecule has 0 spiro atoms. The Kier molecular flexibility index (Phi) is 4.33. The quantitative estimate of drug-likeness (QED) is 0.803. The maximum Gasteiger partial charge on any atom is 0.253 e. The van der Waals surface area contributed by atoms with E-state index in [1.807, 2.05) is 0 Å². The van der Waals surface area contributed by atoms with E-state index in [1.165, 1.54) is 0 Å². The van der Waals surface area contributed by atoms with E-state index < -0.39 is 15.7 Å². The Morgan fingerprint density at radius 1 is 0.812 bits per heavy atom. The van der Waals surface area contributed by atoms with Crippen LogP contribution in [-0.2, 0) is 0 Å². The van der Waals surface area contributed by atoms with Crippen molar-refractivity contribution in [1.29, 1.82) is 0 Å². The second-order valence-corrected chi connectivity index (χ2v) is 4.16. The Hall–Kier alpha value is -0.610. The van der Waals surface area contributed by atoms with Crippen LogP contribution in [-0.4, -0.2) is 15.7 Å². The normalized spacial score (nSPS) is 10.0. The fourth-order valence-electron chi connectivity index (χ4n) is 1.13. The highest BCUT2D eigenvalue weighted by Crippen LogP contribution is 2.25. The lowest BCUT2D eigenvalue weighted by atomic mass is 10.0. The number of benzene rings is 1. The van der Waals surface area contributed by atoms with E-state index >= 15 is 0 Å². The van der Waals surface area contributed by atoms with Gasteiger partial charge in [-0.3, -0.25) is 14.4 Å². The van der Waals surface area contributed by atoms with Gasteiger partial charge in [0.1, 0.15) is 0 Å². The Morgan fingerprint density at radius 2 is 1.19 bits per heavy atom. The molecule has 0 unspecified atom stereocenters. The third-order valence-corrected chi connectivity index (χ3v) is 2.54. The summed E-state index contributed by atoms with van der Waals surface area (Å²) in [4.78, 5) is 33.2. The minimum Gasteiger partial charge on any atom is -0.276 e. The highest BCUT2D eigenvalue weighted by atomic mass is 35.5. The predicted molar refractivity (Wildman–Crippen MR) is 62.0 cm³/mol. The third kappa shape index (κ3) is 2.74. The van der Waals surface area contributed by atoms with E-state index in [0.29, 0.717) is 0 Å². The first-order chi connectivity index (χ1) is 7.34. The zero-order chi connectivity index (χ0) is 12.5. The van der Waals surface area contributed by atoms with Crippen molar-refractivity contribution in [2.24, 2.45) is 0 Å². The van der Waals surface area contributed by atoms with E-state index in [9.17, 15) is 14.4 Å². The molecular formula is C9H2Cl4O3. The second kappa shape index (κ2) is 5.15. The Labute approximate surface area is 110 Å². The summed E-state index contributed by atoms with van der Waals surface area (Å²) in [5.41, 5.74) is -0.845. The van der Waals surface area contributed by atoms with Crippen LogP contribution in [0.5, 0.6) is 0 Å². The fraction of sp³-hybridized carbons (Fsp3) is 0. The SMILES string of the molecule is O=C(Cl)c1cc(Cl)cc(C(=O)Cl)c1C(=O)Cl. The number of hydrogen-bond acceptors (Lipinski definition) is 3. The van der Waals surface area contributed by atoms with Gasteiger partial charge in [0.2, 0.25) is 0 Å². The molecule has 0 radical (unpaired) electrons. The average molecular weight is 300 g/mol. The number of hydrogen-bond donors (Lipinski definition) is 0. The molecule has 0 amide bonds. The van der Waals surface area contributed by atoms with E-state index in [0.717, 1.165) is 12.1 Å². The molecule has 0 saturated carbocycles. The first-order valence-corrected chi connectivity index (χ1v) is 5.28. The molecule has 3 nitrogen and oxygen atoms in total. The van der Waals surface area contributed by atoms with Crippen LogP contribution in [0.2, 0.25) is 5.02 Å². The molecule has 16 heavy (non-hydrogen) atoms. The predicted octanol–water partition coefficient (Wildman–Crippen LogP) is 3.48. The maximum atomic E-state index is 11.1. The molecule has 1 aromatic rings. The van der Waals surface area contributed by atoms with Gasteiger partial charge in [-0.25, -0.2) is 0 Å². The van der Waals surface area contributed by atoms with Gasteiger partial charge in [-0.2, -0.15) is 0 Å². The van der Waals surface area contributed by atoms with Gasteiger partial charge >= 0.3 is 0 Å². The number of carbonyl (C=O) groups is 3. The van der Waals surface area contributed by atoms with Crippen molar-refractivity contribution < 1.29 is 14.4 Å². The van der Waals surface area contributed by atoms with E-state index in [4.69, 9.17) is 46.4 Å². The molecule has 0 fully saturated rings. The molecule has 0 atom stereocenters. The molecule has 1 aromatic carbocycles. The average Bonchev–Trinajstić information content (AvgIpc) is 2.15. The Bertz CT molecular complexity index is 461. The molecule has 1 rings (SSSR count). The monoisotopic (exact) mass is 298 g/mol. The van der Waals surface area contributed by atoms with Crippen molar-refractivity contribution in [2.45, 2.75) is 0 Å². The first-order valence-electron chi connectivity index (χ1n) is 3.77. The van der Waals surface area contributed by atoms with Crippen molar-refractivity contribution in [1.82, 2.24) is 0 Å². The lowest BCUT2D eigenvalue weighted by molar-refractivity contribution is 0.104. The topological polar surface area (TPSA) is 51.2 Å². The number of halogens is 4. The number of carbonyl (C=O) groups excluding carboxylic acids is 3. The van der Waals surface area contributed by atoms with Gasteiger partial charge in [0.15, 0.2) is 0 Å². The van der Waals surface area contributed by atoms with Gasteiger partial charge in [-0.15, -0.1) is 0 Å². The summed E-state index contributed by atoms with van der Waals surface area (Å²) in [6.07, 6.45) is 0. The summed E-state index contributed by atoms with van der Waals surface area (Å²) in [5, 5.41) is -2.87. The summed E-state index contributed by atoms with van der Waals surface area (Å²) < 4.78 is 0. The van der Waals surface area contributed by atoms with Crippen molar-refractivity contribution >= 4 is 62.1 Å². The summed E-state index contributed by atoms with van der Waals surface area (Å²) in [6.45, 7) is 0. The smallest absolute Gasteiger partial charge is 0.253 e. The highest BCUT2D eigenvalue weighted by Gasteiger charge is 2.22. The maximum absolute atomic E-state index is 11.1. The molecule has 0 saturated heterocycles. The standard InChI is InChI=1S/C9H2Cl4O3/c10-3-1-4(7(11)14)6(9(13)16)5(2-3)8(12)15/h1-2H. The van der Waals surface area contributed by atoms with Gasteiger partial charge in [0.25, 0.3) is 15.7 Å². The van der Waals surface area contributed by atoms with E-state index in [-0.39, 0.29) is 21.7 Å². The minimum atomic E-state index is -1.01. The van der Waals surface area contributed by atoms with Crippen LogP contribution in [0, 0.1) is 0 Å². The van der Waals surface area contributed by atoms with Crippen LogP contribution in [0.25, 0.3) is 0 Å². The molecule has 0 aliphatic rings. The van der Waals surface area contributed by atoms with Crippen LogP contribution in [0.3, 0.4) is 0 Å². The minimum absolute atomic E-state index is 0.0506. The van der Waals surface area contributed by atoms with Gasteiger partial charge in [0.05, 0.1) is 5.56 Å². The summed E-state index contributed by atoms with van der Waals surface area (Å²) in [7, 11) is 0. The molecule has 84 valence electrons. The Morgan fingerprint density at radius 3 is 1.44 bits per heavy atom. The molecular weight excluding hydrogens is 298 g/mol. The zero-order valence-electron chi connectivity index (χ0n) is 7.39. The highest BCUT2D eigenvalue weighted by molar-refractivity contribution is 6.74. The van der Waals surface area contributed by atoms with Gasteiger partial charge < -0.3 is 0 Å². The van der Waals surface area contributed by atoms with Crippen LogP contribution in [0.15, 0.2) is 12.1 Å². The molecule has 0 aliphatic heterocycles. The van der Waals surface area contributed by atoms with Crippen LogP contribution in [0.4, 0.5) is 0 Å². The number of rotatable bonds is 3. The van der Waals surface area contributed by atoms with Gasteiger partial charge in [-0.05, 0) is 46.9 Å². The van der Waals surface area contributed by atoms with Gasteiger partial charge in [0, 0.05) is 16.1 Å². The van der Waals surface area contributed by atoms with E-state index in [1.54, 1.807) is 0 Å². The van der Waals surface area contributed by atoms with Crippen LogP contribution in [0.1, 0.15) is 31.1 Å². The zero-order valence-corrected chi connectivity index (χ0v) is 10.4. The molecule has 0 bridgehead atoms. The van der Waals surface area contributed by atoms with Crippen molar-refractivity contribution in [3.8, 4) is 0 Å². The van der Waals surface area contributed by atoms with Crippen molar-refractivity contribution in [3.63, 3.8) is 0 Å². The molecule has 7 heteroatoms. The molecule has 0 aromatic heterocycles.